The zero-order valence-electron chi connectivity index (χ0n) is 11.9. The lowest BCUT2D eigenvalue weighted by atomic mass is 9.92. The Morgan fingerprint density at radius 3 is 2.65 bits per heavy atom. The first kappa shape index (κ1) is 14.4. The van der Waals surface area contributed by atoms with E-state index in [2.05, 4.69) is 5.32 Å². The highest BCUT2D eigenvalue weighted by molar-refractivity contribution is 5.98. The molecule has 2 rings (SSSR count). The number of hydrogen-bond donors (Lipinski definition) is 2. The monoisotopic (exact) mass is 275 g/mol. The normalized spacial score (nSPS) is 18.4. The number of hydrogen-bond acceptors (Lipinski definition) is 2. The van der Waals surface area contributed by atoms with Crippen LogP contribution in [0.2, 0.25) is 0 Å². The van der Waals surface area contributed by atoms with Crippen molar-refractivity contribution in [3.63, 3.8) is 0 Å². The molecule has 0 aliphatic carbocycles. The van der Waals surface area contributed by atoms with Gasteiger partial charge in [0.15, 0.2) is 0 Å². The minimum atomic E-state index is -0.547. The summed E-state index contributed by atoms with van der Waals surface area (Å²) in [6, 6.07) is 6.46. The molecule has 1 atom stereocenters. The van der Waals surface area contributed by atoms with Gasteiger partial charge in [-0.15, -0.1) is 0 Å². The number of amides is 3. The summed E-state index contributed by atoms with van der Waals surface area (Å²) in [7, 11) is 0. The number of fused-ring (bicyclic) bond motifs is 1. The molecule has 5 heteroatoms. The second-order valence-electron chi connectivity index (χ2n) is 5.13. The van der Waals surface area contributed by atoms with Crippen molar-refractivity contribution in [2.24, 2.45) is 11.7 Å². The molecule has 0 aromatic heterocycles. The maximum absolute atomic E-state index is 12.5. The van der Waals surface area contributed by atoms with Crippen molar-refractivity contribution >= 4 is 17.6 Å². The van der Waals surface area contributed by atoms with Crippen molar-refractivity contribution in [1.29, 1.82) is 0 Å². The quantitative estimate of drug-likeness (QED) is 0.888. The first-order valence-electron chi connectivity index (χ1n) is 7.03. The molecule has 0 fully saturated rings. The molecule has 3 N–H and O–H groups in total. The standard InChI is InChI=1S/C15H21N3O2/c1-3-10(4-2)13-14(19)17-12-8-6-5-7-11(12)9-18(13)15(16)20/h5-8,10,13H,3-4,9H2,1-2H3,(H2,16,20)(H,17,19). The van der Waals surface area contributed by atoms with Crippen molar-refractivity contribution in [2.75, 3.05) is 5.32 Å². The lowest BCUT2D eigenvalue weighted by molar-refractivity contribution is -0.122. The van der Waals surface area contributed by atoms with Crippen molar-refractivity contribution in [3.8, 4) is 0 Å². The summed E-state index contributed by atoms with van der Waals surface area (Å²) in [6.07, 6.45) is 1.66. The van der Waals surface area contributed by atoms with Crippen LogP contribution in [0.5, 0.6) is 0 Å². The van der Waals surface area contributed by atoms with Crippen LogP contribution in [-0.2, 0) is 11.3 Å². The number of carbonyl (C=O) groups is 2. The Bertz CT molecular complexity index is 512. The van der Waals surface area contributed by atoms with Crippen molar-refractivity contribution < 1.29 is 9.59 Å². The third kappa shape index (κ3) is 2.61. The van der Waals surface area contributed by atoms with Gasteiger partial charge in [-0.3, -0.25) is 4.79 Å². The fourth-order valence-corrected chi connectivity index (χ4v) is 2.83. The number of carbonyl (C=O) groups excluding carboxylic acids is 2. The summed E-state index contributed by atoms with van der Waals surface area (Å²) in [5.41, 5.74) is 7.17. The lowest BCUT2D eigenvalue weighted by Crippen LogP contribution is -2.51. The van der Waals surface area contributed by atoms with E-state index in [1.807, 2.05) is 38.1 Å². The van der Waals surface area contributed by atoms with Crippen LogP contribution in [0.3, 0.4) is 0 Å². The van der Waals surface area contributed by atoms with Gasteiger partial charge in [0.25, 0.3) is 0 Å². The molecule has 1 unspecified atom stereocenters. The van der Waals surface area contributed by atoms with E-state index in [1.165, 1.54) is 4.90 Å². The van der Waals surface area contributed by atoms with Crippen LogP contribution in [0.4, 0.5) is 10.5 Å². The van der Waals surface area contributed by atoms with Gasteiger partial charge in [-0.25, -0.2) is 4.79 Å². The first-order chi connectivity index (χ1) is 9.58. The van der Waals surface area contributed by atoms with E-state index in [1.54, 1.807) is 0 Å². The fraction of sp³-hybridized carbons (Fsp3) is 0.467. The largest absolute Gasteiger partial charge is 0.351 e. The Morgan fingerprint density at radius 2 is 2.05 bits per heavy atom. The van der Waals surface area contributed by atoms with Gasteiger partial charge in [-0.05, 0) is 17.5 Å². The van der Waals surface area contributed by atoms with Crippen molar-refractivity contribution in [2.45, 2.75) is 39.3 Å². The van der Waals surface area contributed by atoms with Crippen LogP contribution in [0.15, 0.2) is 24.3 Å². The number of anilines is 1. The lowest BCUT2D eigenvalue weighted by Gasteiger charge is -2.32. The molecule has 108 valence electrons. The van der Waals surface area contributed by atoms with E-state index >= 15 is 0 Å². The van der Waals surface area contributed by atoms with Crippen molar-refractivity contribution in [3.05, 3.63) is 29.8 Å². The Balaban J connectivity index is 2.42. The molecule has 1 aromatic carbocycles. The van der Waals surface area contributed by atoms with Crippen LogP contribution in [0.25, 0.3) is 0 Å². The minimum absolute atomic E-state index is 0.108. The average molecular weight is 275 g/mol. The summed E-state index contributed by atoms with van der Waals surface area (Å²) in [5, 5.41) is 2.92. The summed E-state index contributed by atoms with van der Waals surface area (Å²) in [4.78, 5) is 25.8. The first-order valence-corrected chi connectivity index (χ1v) is 7.03. The Morgan fingerprint density at radius 1 is 1.40 bits per heavy atom. The molecule has 5 nitrogen and oxygen atoms in total. The van der Waals surface area contributed by atoms with Gasteiger partial charge in [-0.2, -0.15) is 0 Å². The zero-order valence-corrected chi connectivity index (χ0v) is 11.9. The number of nitrogens with zero attached hydrogens (tertiary/aromatic N) is 1. The Kier molecular flexibility index (Phi) is 4.27. The smallest absolute Gasteiger partial charge is 0.315 e. The highest BCUT2D eigenvalue weighted by Gasteiger charge is 2.36. The molecule has 0 saturated carbocycles. The van der Waals surface area contributed by atoms with Gasteiger partial charge in [-0.1, -0.05) is 44.9 Å². The number of primary amides is 1. The predicted octanol–water partition coefficient (Wildman–Crippen LogP) is 2.32. The third-order valence-electron chi connectivity index (χ3n) is 4.00. The summed E-state index contributed by atoms with van der Waals surface area (Å²) < 4.78 is 0. The highest BCUT2D eigenvalue weighted by Crippen LogP contribution is 2.28. The van der Waals surface area contributed by atoms with Crippen LogP contribution >= 0.6 is 0 Å². The van der Waals surface area contributed by atoms with Crippen LogP contribution in [-0.4, -0.2) is 22.9 Å². The van der Waals surface area contributed by atoms with Gasteiger partial charge >= 0.3 is 6.03 Å². The predicted molar refractivity (Wildman–Crippen MR) is 78.1 cm³/mol. The number of rotatable bonds is 3. The summed E-state index contributed by atoms with van der Waals surface area (Å²) in [6.45, 7) is 4.42. The van der Waals surface area contributed by atoms with E-state index in [4.69, 9.17) is 5.73 Å². The molecule has 20 heavy (non-hydrogen) atoms. The van der Waals surface area contributed by atoms with Crippen LogP contribution < -0.4 is 11.1 Å². The number of urea groups is 1. The van der Waals surface area contributed by atoms with Crippen LogP contribution in [0, 0.1) is 5.92 Å². The number of nitrogens with one attached hydrogen (secondary N) is 1. The minimum Gasteiger partial charge on any atom is -0.351 e. The number of nitrogens with two attached hydrogens (primary N) is 1. The van der Waals surface area contributed by atoms with Crippen molar-refractivity contribution in [1.82, 2.24) is 4.90 Å². The molecular weight excluding hydrogens is 254 g/mol. The molecule has 1 aliphatic rings. The fourth-order valence-electron chi connectivity index (χ4n) is 2.83. The SMILES string of the molecule is CCC(CC)C1C(=O)Nc2ccccc2CN1C(N)=O. The van der Waals surface area contributed by atoms with Crippen LogP contribution in [0.1, 0.15) is 32.3 Å². The van der Waals surface area contributed by atoms with E-state index in [-0.39, 0.29) is 11.8 Å². The van der Waals surface area contributed by atoms with E-state index in [9.17, 15) is 9.59 Å². The van der Waals surface area contributed by atoms with Gasteiger partial charge < -0.3 is 16.0 Å². The molecule has 3 amide bonds. The average Bonchev–Trinajstić information content (AvgIpc) is 2.57. The molecule has 1 aromatic rings. The summed E-state index contributed by atoms with van der Waals surface area (Å²) >= 11 is 0. The van der Waals surface area contributed by atoms with Gasteiger partial charge in [0.1, 0.15) is 6.04 Å². The zero-order chi connectivity index (χ0) is 14.7. The molecule has 1 aliphatic heterocycles. The van der Waals surface area contributed by atoms with Gasteiger partial charge in [0.2, 0.25) is 5.91 Å². The maximum Gasteiger partial charge on any atom is 0.315 e. The molecule has 0 spiro atoms. The molecule has 1 heterocycles. The van der Waals surface area contributed by atoms with E-state index in [0.29, 0.717) is 6.54 Å². The molecule has 0 bridgehead atoms. The Hall–Kier alpha value is -2.04. The second kappa shape index (κ2) is 5.94. The Labute approximate surface area is 119 Å². The second-order valence-corrected chi connectivity index (χ2v) is 5.13. The molecule has 0 radical (unpaired) electrons. The van der Waals surface area contributed by atoms with E-state index in [0.717, 1.165) is 24.1 Å². The summed E-state index contributed by atoms with van der Waals surface area (Å²) in [5.74, 6) is -0.0423. The number of benzene rings is 1. The number of para-hydroxylation sites is 1. The molecular formula is C15H21N3O2. The highest BCUT2D eigenvalue weighted by atomic mass is 16.2. The topological polar surface area (TPSA) is 75.4 Å². The van der Waals surface area contributed by atoms with Gasteiger partial charge in [0.05, 0.1) is 6.54 Å². The van der Waals surface area contributed by atoms with Gasteiger partial charge in [0, 0.05) is 5.69 Å². The maximum atomic E-state index is 12.5. The molecule has 0 saturated heterocycles. The van der Waals surface area contributed by atoms with E-state index < -0.39 is 12.1 Å². The third-order valence-corrected chi connectivity index (χ3v) is 4.00.